The molecule has 2 aliphatic rings. The molecule has 6 aromatic rings. The van der Waals surface area contributed by atoms with Gasteiger partial charge in [0.1, 0.15) is 11.0 Å². The standard InChI is InChI=1S/C38H32N2O/c1-21-7-11-23(12-8-21)25-15-17-27-29(19-25)37(3,4)33-31(27)35-36(40-41-39-35)32-28-18-16-26(24-13-9-22(2)10-14-24)20-30(28)38(5,6)34(32)33/h7-20H,1-6H3. The molecule has 200 valence electrons. The van der Waals surface area contributed by atoms with Crippen LogP contribution in [0.15, 0.2) is 89.6 Å². The molecule has 2 aliphatic carbocycles. The van der Waals surface area contributed by atoms with E-state index in [-0.39, 0.29) is 10.8 Å². The van der Waals surface area contributed by atoms with Gasteiger partial charge in [-0.2, -0.15) is 0 Å². The van der Waals surface area contributed by atoms with Crippen LogP contribution >= 0.6 is 0 Å². The van der Waals surface area contributed by atoms with Crippen molar-refractivity contribution in [3.8, 4) is 44.5 Å². The molecule has 0 spiro atoms. The molecule has 0 fully saturated rings. The Morgan fingerprint density at radius 1 is 0.488 bits per heavy atom. The van der Waals surface area contributed by atoms with E-state index in [4.69, 9.17) is 4.63 Å². The van der Waals surface area contributed by atoms with Crippen molar-refractivity contribution in [3.63, 3.8) is 0 Å². The number of aromatic nitrogens is 2. The molecule has 8 rings (SSSR count). The summed E-state index contributed by atoms with van der Waals surface area (Å²) in [5.41, 5.74) is 18.9. The van der Waals surface area contributed by atoms with Crippen molar-refractivity contribution in [2.45, 2.75) is 52.4 Å². The number of rotatable bonds is 2. The van der Waals surface area contributed by atoms with E-state index >= 15 is 0 Å². The fourth-order valence-electron chi connectivity index (χ4n) is 7.46. The second-order valence-corrected chi connectivity index (χ2v) is 13.0. The Morgan fingerprint density at radius 3 is 1.24 bits per heavy atom. The molecule has 1 aromatic heterocycles. The largest absolute Gasteiger partial charge is 0.243 e. The number of nitrogens with zero attached hydrogens (tertiary/aromatic N) is 2. The maximum atomic E-state index is 5.49. The molecule has 0 amide bonds. The minimum atomic E-state index is -0.221. The monoisotopic (exact) mass is 532 g/mol. The van der Waals surface area contributed by atoms with Crippen LogP contribution in [-0.4, -0.2) is 10.3 Å². The van der Waals surface area contributed by atoms with Crippen molar-refractivity contribution in [2.75, 3.05) is 0 Å². The van der Waals surface area contributed by atoms with Crippen LogP contribution in [0.25, 0.3) is 55.5 Å². The molecule has 3 nitrogen and oxygen atoms in total. The van der Waals surface area contributed by atoms with Gasteiger partial charge in [-0.1, -0.05) is 112 Å². The van der Waals surface area contributed by atoms with Gasteiger partial charge >= 0.3 is 0 Å². The van der Waals surface area contributed by atoms with Gasteiger partial charge in [-0.15, -0.1) is 0 Å². The van der Waals surface area contributed by atoms with Crippen LogP contribution in [0.4, 0.5) is 0 Å². The zero-order valence-corrected chi connectivity index (χ0v) is 24.4. The number of hydrogen-bond donors (Lipinski definition) is 0. The quantitative estimate of drug-likeness (QED) is 0.223. The van der Waals surface area contributed by atoms with E-state index in [1.807, 2.05) is 0 Å². The highest BCUT2D eigenvalue weighted by Gasteiger charge is 2.48. The Kier molecular flexibility index (Phi) is 4.77. The Hall–Kier alpha value is -4.50. The molecule has 41 heavy (non-hydrogen) atoms. The summed E-state index contributed by atoms with van der Waals surface area (Å²) < 4.78 is 5.49. The average molecular weight is 533 g/mol. The van der Waals surface area contributed by atoms with E-state index in [0.717, 1.165) is 11.0 Å². The van der Waals surface area contributed by atoms with Gasteiger partial charge in [0.15, 0.2) is 0 Å². The summed E-state index contributed by atoms with van der Waals surface area (Å²) in [5, 5.41) is 9.06. The number of benzene rings is 5. The van der Waals surface area contributed by atoms with E-state index in [0.29, 0.717) is 0 Å². The smallest absolute Gasteiger partial charge is 0.144 e. The van der Waals surface area contributed by atoms with Gasteiger partial charge in [-0.3, -0.25) is 0 Å². The maximum Gasteiger partial charge on any atom is 0.144 e. The van der Waals surface area contributed by atoms with Gasteiger partial charge in [0.2, 0.25) is 0 Å². The lowest BCUT2D eigenvalue weighted by molar-refractivity contribution is 0.315. The molecular formula is C38H32N2O. The van der Waals surface area contributed by atoms with Crippen molar-refractivity contribution >= 4 is 11.0 Å². The van der Waals surface area contributed by atoms with E-state index in [1.54, 1.807) is 0 Å². The lowest BCUT2D eigenvalue weighted by Crippen LogP contribution is -2.24. The first-order valence-electron chi connectivity index (χ1n) is 14.4. The average Bonchev–Trinajstić information content (AvgIpc) is 3.60. The second kappa shape index (κ2) is 8.04. The first-order valence-corrected chi connectivity index (χ1v) is 14.4. The predicted octanol–water partition coefficient (Wildman–Crippen LogP) is 9.79. The van der Waals surface area contributed by atoms with Crippen molar-refractivity contribution in [1.82, 2.24) is 10.3 Å². The molecular weight excluding hydrogens is 500 g/mol. The van der Waals surface area contributed by atoms with Crippen LogP contribution < -0.4 is 0 Å². The Bertz CT molecular complexity index is 1890. The van der Waals surface area contributed by atoms with Gasteiger partial charge in [0, 0.05) is 22.0 Å². The van der Waals surface area contributed by atoms with Crippen LogP contribution in [0.5, 0.6) is 0 Å². The van der Waals surface area contributed by atoms with Crippen LogP contribution in [0.2, 0.25) is 0 Å². The summed E-state index contributed by atoms with van der Waals surface area (Å²) in [6.07, 6.45) is 0. The third kappa shape index (κ3) is 3.20. The molecule has 0 saturated heterocycles. The molecule has 0 radical (unpaired) electrons. The Balaban J connectivity index is 1.38. The van der Waals surface area contributed by atoms with Crippen LogP contribution in [-0.2, 0) is 10.8 Å². The van der Waals surface area contributed by atoms with Gasteiger partial charge in [0.25, 0.3) is 0 Å². The highest BCUT2D eigenvalue weighted by Crippen LogP contribution is 2.62. The Labute approximate surface area is 240 Å². The first kappa shape index (κ1) is 24.3. The fourth-order valence-corrected chi connectivity index (χ4v) is 7.46. The van der Waals surface area contributed by atoms with Gasteiger partial charge in [-0.25, -0.2) is 4.63 Å². The third-order valence-electron chi connectivity index (χ3n) is 9.66. The second-order valence-electron chi connectivity index (χ2n) is 13.0. The number of fused-ring (bicyclic) bond motifs is 10. The lowest BCUT2D eigenvalue weighted by Gasteiger charge is -2.31. The van der Waals surface area contributed by atoms with Gasteiger partial charge in [-0.05, 0) is 91.9 Å². The molecule has 3 heteroatoms. The molecule has 0 bridgehead atoms. The van der Waals surface area contributed by atoms with Crippen LogP contribution in [0, 0.1) is 13.8 Å². The summed E-state index contributed by atoms with van der Waals surface area (Å²) in [7, 11) is 0. The third-order valence-corrected chi connectivity index (χ3v) is 9.66. The SMILES string of the molecule is Cc1ccc(-c2ccc3c(c2)C(C)(C)c2c4c(c5nonc5c2-3)-c2ccc(-c3ccc(C)cc3)cc2C4(C)C)cc1. The zero-order chi connectivity index (χ0) is 28.3. The van der Waals surface area contributed by atoms with Crippen molar-refractivity contribution in [2.24, 2.45) is 0 Å². The van der Waals surface area contributed by atoms with Crippen molar-refractivity contribution in [3.05, 3.63) is 118 Å². The van der Waals surface area contributed by atoms with E-state index in [2.05, 4.69) is 137 Å². The summed E-state index contributed by atoms with van der Waals surface area (Å²) in [6.45, 7) is 13.7. The molecule has 1 heterocycles. The number of aryl methyl sites for hydroxylation is 2. The zero-order valence-electron chi connectivity index (χ0n) is 24.4. The first-order chi connectivity index (χ1) is 19.7. The highest BCUT2D eigenvalue weighted by atomic mass is 16.6. The van der Waals surface area contributed by atoms with Gasteiger partial charge < -0.3 is 0 Å². The predicted molar refractivity (Wildman–Crippen MR) is 167 cm³/mol. The van der Waals surface area contributed by atoms with E-state index in [9.17, 15) is 0 Å². The molecule has 0 saturated carbocycles. The van der Waals surface area contributed by atoms with Crippen LogP contribution in [0.3, 0.4) is 0 Å². The minimum absolute atomic E-state index is 0.221. The molecule has 0 atom stereocenters. The molecule has 0 aliphatic heterocycles. The summed E-state index contributed by atoms with van der Waals surface area (Å²) >= 11 is 0. The lowest BCUT2D eigenvalue weighted by atomic mass is 9.72. The van der Waals surface area contributed by atoms with Crippen molar-refractivity contribution < 1.29 is 4.63 Å². The molecule has 5 aromatic carbocycles. The van der Waals surface area contributed by atoms with Crippen LogP contribution in [0.1, 0.15) is 61.1 Å². The normalized spacial score (nSPS) is 15.5. The Morgan fingerprint density at radius 2 is 0.854 bits per heavy atom. The topological polar surface area (TPSA) is 38.9 Å². The minimum Gasteiger partial charge on any atom is -0.243 e. The fraction of sp³-hybridized carbons (Fsp3) is 0.211. The maximum absolute atomic E-state index is 5.49. The highest BCUT2D eigenvalue weighted by molar-refractivity contribution is 6.10. The molecule has 0 unspecified atom stereocenters. The summed E-state index contributed by atoms with van der Waals surface area (Å²) in [4.78, 5) is 0. The van der Waals surface area contributed by atoms with Gasteiger partial charge in [0.05, 0.1) is 0 Å². The van der Waals surface area contributed by atoms with E-state index in [1.165, 1.54) is 77.9 Å². The van der Waals surface area contributed by atoms with Crippen molar-refractivity contribution in [1.29, 1.82) is 0 Å². The van der Waals surface area contributed by atoms with E-state index < -0.39 is 0 Å². The summed E-state index contributed by atoms with van der Waals surface area (Å²) in [5.74, 6) is 0. The number of hydrogen-bond acceptors (Lipinski definition) is 3. The molecule has 0 N–H and O–H groups in total. The summed E-state index contributed by atoms with van der Waals surface area (Å²) in [6, 6.07) is 31.4.